The largest absolute Gasteiger partial charge is 0.307 e. The van der Waals surface area contributed by atoms with E-state index in [2.05, 4.69) is 17.0 Å². The lowest BCUT2D eigenvalue weighted by Crippen LogP contribution is -2.29. The van der Waals surface area contributed by atoms with Gasteiger partial charge in [-0.05, 0) is 29.6 Å². The number of aromatic nitrogens is 2. The van der Waals surface area contributed by atoms with Crippen molar-refractivity contribution in [1.82, 2.24) is 14.7 Å². The molecule has 0 spiro atoms. The molecule has 28 heavy (non-hydrogen) atoms. The number of amides is 3. The molecule has 1 aliphatic rings. The molecular formula is C20H16N4O3S. The lowest BCUT2D eigenvalue weighted by atomic mass is 10.1. The van der Waals surface area contributed by atoms with Crippen LogP contribution in [0.3, 0.4) is 0 Å². The Morgan fingerprint density at radius 2 is 2.00 bits per heavy atom. The van der Waals surface area contributed by atoms with E-state index in [4.69, 9.17) is 0 Å². The van der Waals surface area contributed by atoms with E-state index in [0.717, 1.165) is 9.78 Å². The molecule has 0 unspecified atom stereocenters. The third-order valence-electron chi connectivity index (χ3n) is 4.39. The molecular weight excluding hydrogens is 376 g/mol. The van der Waals surface area contributed by atoms with Crippen molar-refractivity contribution >= 4 is 34.9 Å². The molecule has 7 nitrogen and oxygen atoms in total. The minimum absolute atomic E-state index is 0.135. The molecule has 140 valence electrons. The van der Waals surface area contributed by atoms with Gasteiger partial charge in [0.25, 0.3) is 17.7 Å². The minimum atomic E-state index is -0.419. The maximum absolute atomic E-state index is 12.7. The highest BCUT2D eigenvalue weighted by Crippen LogP contribution is 2.24. The van der Waals surface area contributed by atoms with Gasteiger partial charge < -0.3 is 5.32 Å². The molecule has 1 aliphatic heterocycles. The zero-order valence-corrected chi connectivity index (χ0v) is 15.6. The first-order chi connectivity index (χ1) is 13.6. The Bertz CT molecular complexity index is 1080. The number of carbonyl (C=O) groups is 3. The van der Waals surface area contributed by atoms with Gasteiger partial charge >= 0.3 is 0 Å². The molecule has 3 aromatic rings. The van der Waals surface area contributed by atoms with Crippen LogP contribution in [-0.2, 0) is 6.54 Å². The van der Waals surface area contributed by atoms with Crippen molar-refractivity contribution in [2.45, 2.75) is 6.54 Å². The quantitative estimate of drug-likeness (QED) is 0.516. The van der Waals surface area contributed by atoms with Crippen molar-refractivity contribution in [3.8, 4) is 0 Å². The summed E-state index contributed by atoms with van der Waals surface area (Å²) in [7, 11) is 0. The first-order valence-corrected chi connectivity index (χ1v) is 9.43. The number of hydrogen-bond acceptors (Lipinski definition) is 5. The Hall–Kier alpha value is -3.52. The monoisotopic (exact) mass is 392 g/mol. The third-order valence-corrected chi connectivity index (χ3v) is 5.25. The molecule has 8 heteroatoms. The SMILES string of the molecule is C=CCN1C(=O)c2ccc(C(=O)Nc3ccnn3Cc3cccs3)cc2C1=O. The summed E-state index contributed by atoms with van der Waals surface area (Å²) in [4.78, 5) is 39.6. The highest BCUT2D eigenvalue weighted by molar-refractivity contribution is 7.09. The van der Waals surface area contributed by atoms with Crippen LogP contribution in [0.2, 0.25) is 0 Å². The van der Waals surface area contributed by atoms with E-state index in [1.54, 1.807) is 28.3 Å². The fourth-order valence-electron chi connectivity index (χ4n) is 3.03. The van der Waals surface area contributed by atoms with E-state index in [-0.39, 0.29) is 23.9 Å². The minimum Gasteiger partial charge on any atom is -0.307 e. The highest BCUT2D eigenvalue weighted by atomic mass is 32.1. The smallest absolute Gasteiger partial charge is 0.261 e. The fourth-order valence-corrected chi connectivity index (χ4v) is 3.72. The van der Waals surface area contributed by atoms with Crippen LogP contribution in [0.25, 0.3) is 0 Å². The maximum atomic E-state index is 12.7. The van der Waals surface area contributed by atoms with Crippen LogP contribution in [-0.4, -0.2) is 38.9 Å². The predicted molar refractivity (Wildman–Crippen MR) is 106 cm³/mol. The number of thiophene rings is 1. The van der Waals surface area contributed by atoms with E-state index in [9.17, 15) is 14.4 Å². The lowest BCUT2D eigenvalue weighted by molar-refractivity contribution is 0.0672. The molecule has 0 radical (unpaired) electrons. The van der Waals surface area contributed by atoms with Crippen molar-refractivity contribution in [2.24, 2.45) is 0 Å². The number of fused-ring (bicyclic) bond motifs is 1. The third kappa shape index (κ3) is 3.14. The molecule has 0 saturated carbocycles. The van der Waals surface area contributed by atoms with Gasteiger partial charge in [0.15, 0.2) is 0 Å². The second-order valence-corrected chi connectivity index (χ2v) is 7.21. The second-order valence-electron chi connectivity index (χ2n) is 6.18. The van der Waals surface area contributed by atoms with Gasteiger partial charge in [0.1, 0.15) is 5.82 Å². The normalized spacial score (nSPS) is 12.9. The summed E-state index contributed by atoms with van der Waals surface area (Å²) in [6, 6.07) is 10.2. The van der Waals surface area contributed by atoms with E-state index in [1.807, 2.05) is 17.5 Å². The van der Waals surface area contributed by atoms with Crippen LogP contribution in [0.1, 0.15) is 36.0 Å². The Kier molecular flexibility index (Phi) is 4.62. The van der Waals surface area contributed by atoms with Crippen LogP contribution < -0.4 is 5.32 Å². The average Bonchev–Trinajstić information content (AvgIpc) is 3.41. The number of hydrogen-bond donors (Lipinski definition) is 1. The van der Waals surface area contributed by atoms with Gasteiger partial charge in [-0.25, -0.2) is 4.68 Å². The number of anilines is 1. The van der Waals surface area contributed by atoms with Gasteiger partial charge in [0.2, 0.25) is 0 Å². The van der Waals surface area contributed by atoms with E-state index in [0.29, 0.717) is 23.5 Å². The van der Waals surface area contributed by atoms with Crippen LogP contribution in [0.5, 0.6) is 0 Å². The fraction of sp³-hybridized carbons (Fsp3) is 0.100. The van der Waals surface area contributed by atoms with Gasteiger partial charge in [-0.2, -0.15) is 5.10 Å². The zero-order chi connectivity index (χ0) is 19.7. The molecule has 0 fully saturated rings. The Morgan fingerprint density at radius 3 is 2.75 bits per heavy atom. The number of imide groups is 1. The molecule has 3 amide bonds. The van der Waals surface area contributed by atoms with Gasteiger partial charge in [0.05, 0.1) is 23.9 Å². The van der Waals surface area contributed by atoms with Gasteiger partial charge in [0, 0.05) is 23.1 Å². The van der Waals surface area contributed by atoms with Crippen molar-refractivity contribution in [2.75, 3.05) is 11.9 Å². The summed E-state index contributed by atoms with van der Waals surface area (Å²) in [6.07, 6.45) is 3.10. The van der Waals surface area contributed by atoms with Gasteiger partial charge in [-0.1, -0.05) is 12.1 Å². The van der Waals surface area contributed by atoms with Crippen LogP contribution in [0, 0.1) is 0 Å². The second kappa shape index (κ2) is 7.24. The Morgan fingerprint density at radius 1 is 1.18 bits per heavy atom. The van der Waals surface area contributed by atoms with Gasteiger partial charge in [-0.3, -0.25) is 19.3 Å². The topological polar surface area (TPSA) is 84.3 Å². The van der Waals surface area contributed by atoms with Crippen LogP contribution in [0.15, 0.2) is 60.6 Å². The molecule has 0 bridgehead atoms. The Balaban J connectivity index is 1.55. The summed E-state index contributed by atoms with van der Waals surface area (Å²) < 4.78 is 1.69. The molecule has 3 heterocycles. The molecule has 0 atom stereocenters. The average molecular weight is 392 g/mol. The number of rotatable bonds is 6. The van der Waals surface area contributed by atoms with Crippen molar-refractivity contribution in [3.05, 3.63) is 82.2 Å². The van der Waals surface area contributed by atoms with Crippen LogP contribution >= 0.6 is 11.3 Å². The summed E-state index contributed by atoms with van der Waals surface area (Å²) in [6.45, 7) is 4.24. The highest BCUT2D eigenvalue weighted by Gasteiger charge is 2.35. The number of nitrogens with one attached hydrogen (secondary N) is 1. The summed E-state index contributed by atoms with van der Waals surface area (Å²) in [5.41, 5.74) is 0.821. The molecule has 4 rings (SSSR count). The maximum Gasteiger partial charge on any atom is 0.261 e. The first-order valence-electron chi connectivity index (χ1n) is 8.55. The van der Waals surface area contributed by atoms with E-state index >= 15 is 0 Å². The molecule has 0 saturated heterocycles. The van der Waals surface area contributed by atoms with Gasteiger partial charge in [-0.15, -0.1) is 17.9 Å². The molecule has 0 aliphatic carbocycles. The van der Waals surface area contributed by atoms with Crippen LogP contribution in [0.4, 0.5) is 5.82 Å². The number of benzene rings is 1. The summed E-state index contributed by atoms with van der Waals surface area (Å²) in [5, 5.41) is 9.04. The number of carbonyl (C=O) groups excluding carboxylic acids is 3. The van der Waals surface area contributed by atoms with E-state index < -0.39 is 5.91 Å². The van der Waals surface area contributed by atoms with E-state index in [1.165, 1.54) is 24.3 Å². The standard InChI is InChI=1S/C20H16N4O3S/c1-2-9-23-19(26)15-6-5-13(11-16(15)20(23)27)18(25)22-17-7-8-21-24(17)12-14-4-3-10-28-14/h2-8,10-11H,1,9,12H2,(H,22,25). The molecule has 2 aromatic heterocycles. The number of nitrogens with zero attached hydrogens (tertiary/aromatic N) is 3. The molecule has 1 N–H and O–H groups in total. The summed E-state index contributed by atoms with van der Waals surface area (Å²) in [5.74, 6) is -0.620. The first kappa shape index (κ1) is 17.9. The lowest BCUT2D eigenvalue weighted by Gasteiger charge is -2.09. The predicted octanol–water partition coefficient (Wildman–Crippen LogP) is 3.03. The van der Waals surface area contributed by atoms with Crippen molar-refractivity contribution < 1.29 is 14.4 Å². The van der Waals surface area contributed by atoms with Crippen molar-refractivity contribution in [3.63, 3.8) is 0 Å². The summed E-state index contributed by atoms with van der Waals surface area (Å²) >= 11 is 1.61. The zero-order valence-electron chi connectivity index (χ0n) is 14.8. The molecule has 1 aromatic carbocycles. The van der Waals surface area contributed by atoms with Crippen molar-refractivity contribution in [1.29, 1.82) is 0 Å². The Labute approximate surface area is 164 Å².